The number of alkyl halides is 3. The molecular formula is C16H13ClF3NO2S. The van der Waals surface area contributed by atoms with Gasteiger partial charge in [-0.25, -0.2) is 0 Å². The lowest BCUT2D eigenvalue weighted by Gasteiger charge is -2.13. The van der Waals surface area contributed by atoms with Crippen LogP contribution in [0.5, 0.6) is 5.75 Å². The first-order valence-corrected chi connectivity index (χ1v) is 8.26. The zero-order valence-electron chi connectivity index (χ0n) is 12.7. The Bertz CT molecular complexity index is 765. The molecule has 8 heteroatoms. The van der Waals surface area contributed by atoms with E-state index < -0.39 is 17.6 Å². The van der Waals surface area contributed by atoms with E-state index in [2.05, 4.69) is 5.32 Å². The molecule has 24 heavy (non-hydrogen) atoms. The summed E-state index contributed by atoms with van der Waals surface area (Å²) >= 11 is 7.35. The molecule has 0 aromatic heterocycles. The summed E-state index contributed by atoms with van der Waals surface area (Å²) < 4.78 is 43.5. The number of anilines is 1. The summed E-state index contributed by atoms with van der Waals surface area (Å²) in [5.74, 6) is -0.289. The Morgan fingerprint density at radius 1 is 1.21 bits per heavy atom. The van der Waals surface area contributed by atoms with Gasteiger partial charge in [0.25, 0.3) is 5.91 Å². The minimum absolute atomic E-state index is 0.0102. The average Bonchev–Trinajstić information content (AvgIpc) is 2.55. The van der Waals surface area contributed by atoms with E-state index >= 15 is 0 Å². The van der Waals surface area contributed by atoms with Gasteiger partial charge in [-0.05, 0) is 42.7 Å². The minimum atomic E-state index is -4.53. The Morgan fingerprint density at radius 2 is 1.92 bits per heavy atom. The van der Waals surface area contributed by atoms with Crippen LogP contribution in [0, 0.1) is 0 Å². The summed E-state index contributed by atoms with van der Waals surface area (Å²) in [7, 11) is 1.41. The molecule has 0 heterocycles. The number of hydrogen-bond donors (Lipinski definition) is 1. The van der Waals surface area contributed by atoms with Crippen molar-refractivity contribution in [2.24, 2.45) is 0 Å². The van der Waals surface area contributed by atoms with Crippen molar-refractivity contribution in [1.29, 1.82) is 0 Å². The third-order valence-corrected chi connectivity index (χ3v) is 4.25. The number of rotatable bonds is 4. The molecule has 0 bridgehead atoms. The fourth-order valence-electron chi connectivity index (χ4n) is 1.97. The molecule has 2 rings (SSSR count). The van der Waals surface area contributed by atoms with Gasteiger partial charge >= 0.3 is 6.18 Å². The third kappa shape index (κ3) is 4.15. The molecule has 2 aromatic rings. The number of halogens is 4. The highest BCUT2D eigenvalue weighted by molar-refractivity contribution is 7.98. The van der Waals surface area contributed by atoms with Gasteiger partial charge in [0, 0.05) is 4.90 Å². The number of thioether (sulfide) groups is 1. The first-order chi connectivity index (χ1) is 11.3. The maximum Gasteiger partial charge on any atom is 0.416 e. The van der Waals surface area contributed by atoms with Gasteiger partial charge in [0.15, 0.2) is 0 Å². The van der Waals surface area contributed by atoms with E-state index in [-0.39, 0.29) is 16.3 Å². The standard InChI is InChI=1S/C16H13ClF3NO2S/c1-23-14-8-10(24-2)4-5-11(14)15(22)21-13-7-9(16(18,19)20)3-6-12(13)17/h3-8H,1-2H3,(H,21,22). The van der Waals surface area contributed by atoms with Crippen molar-refractivity contribution in [3.63, 3.8) is 0 Å². The lowest BCUT2D eigenvalue weighted by Crippen LogP contribution is -2.14. The molecule has 0 saturated heterocycles. The highest BCUT2D eigenvalue weighted by Crippen LogP contribution is 2.34. The zero-order chi connectivity index (χ0) is 17.9. The number of ether oxygens (including phenoxy) is 1. The third-order valence-electron chi connectivity index (χ3n) is 3.20. The molecular weight excluding hydrogens is 363 g/mol. The number of methoxy groups -OCH3 is 1. The molecule has 0 aliphatic rings. The number of carbonyl (C=O) groups is 1. The molecule has 128 valence electrons. The number of benzene rings is 2. The Hall–Kier alpha value is -1.86. The van der Waals surface area contributed by atoms with Crippen molar-refractivity contribution in [2.75, 3.05) is 18.7 Å². The van der Waals surface area contributed by atoms with Crippen molar-refractivity contribution in [1.82, 2.24) is 0 Å². The summed E-state index contributed by atoms with van der Waals surface area (Å²) in [6.45, 7) is 0. The molecule has 0 spiro atoms. The predicted molar refractivity (Wildman–Crippen MR) is 89.2 cm³/mol. The van der Waals surface area contributed by atoms with Crippen LogP contribution in [0.2, 0.25) is 5.02 Å². The highest BCUT2D eigenvalue weighted by atomic mass is 35.5. The van der Waals surface area contributed by atoms with Crippen molar-refractivity contribution in [3.8, 4) is 5.75 Å². The summed E-state index contributed by atoms with van der Waals surface area (Å²) in [5.41, 5.74) is -0.817. The topological polar surface area (TPSA) is 38.3 Å². The number of carbonyl (C=O) groups excluding carboxylic acids is 1. The molecule has 0 fully saturated rings. The van der Waals surface area contributed by atoms with E-state index in [4.69, 9.17) is 16.3 Å². The van der Waals surface area contributed by atoms with Crippen LogP contribution in [0.15, 0.2) is 41.3 Å². The second-order valence-electron chi connectivity index (χ2n) is 4.71. The Morgan fingerprint density at radius 3 is 2.50 bits per heavy atom. The van der Waals surface area contributed by atoms with Gasteiger partial charge in [0.1, 0.15) is 5.75 Å². The van der Waals surface area contributed by atoms with E-state index in [1.54, 1.807) is 18.2 Å². The van der Waals surface area contributed by atoms with Gasteiger partial charge < -0.3 is 10.1 Å². The molecule has 0 radical (unpaired) electrons. The first-order valence-electron chi connectivity index (χ1n) is 6.66. The van der Waals surface area contributed by atoms with Gasteiger partial charge in [0.2, 0.25) is 0 Å². The minimum Gasteiger partial charge on any atom is -0.496 e. The average molecular weight is 376 g/mol. The van der Waals surface area contributed by atoms with E-state index in [1.807, 2.05) is 6.26 Å². The van der Waals surface area contributed by atoms with Crippen LogP contribution in [0.25, 0.3) is 0 Å². The molecule has 3 nitrogen and oxygen atoms in total. The Balaban J connectivity index is 2.33. The summed E-state index contributed by atoms with van der Waals surface area (Å²) in [6.07, 6.45) is -2.65. The van der Waals surface area contributed by atoms with Gasteiger partial charge in [-0.3, -0.25) is 4.79 Å². The maximum atomic E-state index is 12.8. The van der Waals surface area contributed by atoms with Crippen molar-refractivity contribution < 1.29 is 22.7 Å². The van der Waals surface area contributed by atoms with Crippen LogP contribution >= 0.6 is 23.4 Å². The van der Waals surface area contributed by atoms with Crippen LogP contribution in [-0.2, 0) is 6.18 Å². The second-order valence-corrected chi connectivity index (χ2v) is 6.00. The van der Waals surface area contributed by atoms with Crippen LogP contribution in [0.4, 0.5) is 18.9 Å². The second kappa shape index (κ2) is 7.36. The van der Waals surface area contributed by atoms with E-state index in [0.717, 1.165) is 23.1 Å². The molecule has 0 saturated carbocycles. The fraction of sp³-hybridized carbons (Fsp3) is 0.188. The molecule has 0 atom stereocenters. The SMILES string of the molecule is COc1cc(SC)ccc1C(=O)Nc1cc(C(F)(F)F)ccc1Cl. The van der Waals surface area contributed by atoms with Gasteiger partial charge in [0.05, 0.1) is 28.9 Å². The quantitative estimate of drug-likeness (QED) is 0.733. The van der Waals surface area contributed by atoms with Crippen LogP contribution in [-0.4, -0.2) is 19.3 Å². The highest BCUT2D eigenvalue weighted by Gasteiger charge is 2.31. The predicted octanol–water partition coefficient (Wildman–Crippen LogP) is 5.34. The number of nitrogens with one attached hydrogen (secondary N) is 1. The number of hydrogen-bond acceptors (Lipinski definition) is 3. The van der Waals surface area contributed by atoms with Crippen LogP contribution < -0.4 is 10.1 Å². The largest absolute Gasteiger partial charge is 0.496 e. The molecule has 0 aliphatic carbocycles. The zero-order valence-corrected chi connectivity index (χ0v) is 14.3. The van der Waals surface area contributed by atoms with Crippen molar-refractivity contribution in [2.45, 2.75) is 11.1 Å². The summed E-state index contributed by atoms with van der Waals surface area (Å²) in [5, 5.41) is 2.40. The molecule has 2 aromatic carbocycles. The maximum absolute atomic E-state index is 12.8. The Labute approximate surface area is 146 Å². The number of amides is 1. The van der Waals surface area contributed by atoms with E-state index in [0.29, 0.717) is 5.75 Å². The fourth-order valence-corrected chi connectivity index (χ4v) is 2.57. The molecule has 1 amide bonds. The van der Waals surface area contributed by atoms with Crippen molar-refractivity contribution >= 4 is 35.0 Å². The van der Waals surface area contributed by atoms with Gasteiger partial charge in [-0.2, -0.15) is 13.2 Å². The monoisotopic (exact) mass is 375 g/mol. The Kier molecular flexibility index (Phi) is 5.66. The molecule has 1 N–H and O–H groups in total. The summed E-state index contributed by atoms with van der Waals surface area (Å²) in [4.78, 5) is 13.3. The molecule has 0 unspecified atom stereocenters. The molecule has 0 aliphatic heterocycles. The smallest absolute Gasteiger partial charge is 0.416 e. The van der Waals surface area contributed by atoms with Gasteiger partial charge in [-0.1, -0.05) is 11.6 Å². The first kappa shape index (κ1) is 18.5. The van der Waals surface area contributed by atoms with Crippen LogP contribution in [0.1, 0.15) is 15.9 Å². The van der Waals surface area contributed by atoms with Crippen LogP contribution in [0.3, 0.4) is 0 Å². The van der Waals surface area contributed by atoms with E-state index in [9.17, 15) is 18.0 Å². The summed E-state index contributed by atoms with van der Waals surface area (Å²) in [6, 6.07) is 7.67. The van der Waals surface area contributed by atoms with Crippen molar-refractivity contribution in [3.05, 3.63) is 52.5 Å². The lowest BCUT2D eigenvalue weighted by atomic mass is 10.1. The lowest BCUT2D eigenvalue weighted by molar-refractivity contribution is -0.137. The van der Waals surface area contributed by atoms with E-state index in [1.165, 1.54) is 18.9 Å². The normalized spacial score (nSPS) is 11.2. The van der Waals surface area contributed by atoms with Gasteiger partial charge in [-0.15, -0.1) is 11.8 Å².